The molecule has 17 heavy (non-hydrogen) atoms. The topological polar surface area (TPSA) is 49.7 Å². The van der Waals surface area contributed by atoms with Crippen LogP contribution in [0.2, 0.25) is 0 Å². The highest BCUT2D eigenvalue weighted by molar-refractivity contribution is 7.90. The zero-order valence-electron chi connectivity index (χ0n) is 9.81. The fourth-order valence-corrected chi connectivity index (χ4v) is 2.87. The minimum atomic E-state index is -3.75. The van der Waals surface area contributed by atoms with Gasteiger partial charge >= 0.3 is 0 Å². The van der Waals surface area contributed by atoms with Gasteiger partial charge in [-0.05, 0) is 26.0 Å². The third kappa shape index (κ3) is 1.82. The molecule has 2 rings (SSSR count). The predicted octanol–water partition coefficient (Wildman–Crippen LogP) is 1.61. The van der Waals surface area contributed by atoms with E-state index in [-0.39, 0.29) is 22.3 Å². The molecular weight excluding hydrogens is 243 g/mol. The first-order valence-corrected chi connectivity index (χ1v) is 6.65. The van der Waals surface area contributed by atoms with Crippen LogP contribution < -0.4 is 0 Å². The van der Waals surface area contributed by atoms with Crippen LogP contribution in [0.3, 0.4) is 0 Å². The molecular formula is C11H13FN2O2S. The Hall–Kier alpha value is -1.43. The maximum atomic E-state index is 13.7. The summed E-state index contributed by atoms with van der Waals surface area (Å²) in [4.78, 5) is 1.59. The van der Waals surface area contributed by atoms with Crippen LogP contribution in [0.4, 0.5) is 4.39 Å². The lowest BCUT2D eigenvalue weighted by Gasteiger charge is -2.23. The summed E-state index contributed by atoms with van der Waals surface area (Å²) >= 11 is 0. The van der Waals surface area contributed by atoms with E-state index >= 15 is 0 Å². The number of rotatable bonds is 1. The van der Waals surface area contributed by atoms with Crippen LogP contribution in [0.5, 0.6) is 0 Å². The van der Waals surface area contributed by atoms with E-state index in [1.807, 2.05) is 13.8 Å². The van der Waals surface area contributed by atoms with E-state index in [1.54, 1.807) is 11.9 Å². The van der Waals surface area contributed by atoms with Crippen molar-refractivity contribution >= 4 is 15.9 Å². The zero-order chi connectivity index (χ0) is 12.8. The van der Waals surface area contributed by atoms with Gasteiger partial charge in [0.15, 0.2) is 5.84 Å². The smallest absolute Gasteiger partial charge is 0.285 e. The fraction of sp³-hybridized carbons (Fsp3) is 0.364. The number of amidine groups is 1. The number of halogens is 1. The van der Waals surface area contributed by atoms with Gasteiger partial charge in [0.1, 0.15) is 10.7 Å². The predicted molar refractivity (Wildman–Crippen MR) is 63.0 cm³/mol. The van der Waals surface area contributed by atoms with Gasteiger partial charge in [-0.25, -0.2) is 4.39 Å². The Kier molecular flexibility index (Phi) is 2.69. The molecule has 1 aliphatic heterocycles. The quantitative estimate of drug-likeness (QED) is 0.767. The molecule has 0 amide bonds. The molecule has 0 saturated heterocycles. The Balaban J connectivity index is 2.68. The first-order valence-electron chi connectivity index (χ1n) is 5.21. The van der Waals surface area contributed by atoms with Crippen LogP contribution in [0.15, 0.2) is 27.5 Å². The van der Waals surface area contributed by atoms with Crippen molar-refractivity contribution < 1.29 is 12.8 Å². The molecule has 6 heteroatoms. The van der Waals surface area contributed by atoms with E-state index in [2.05, 4.69) is 4.40 Å². The number of benzene rings is 1. The SMILES string of the molecule is CC(C)N(C)C1=NS(=O)(=O)c2cccc(F)c21. The Morgan fingerprint density at radius 1 is 1.35 bits per heavy atom. The molecule has 1 aliphatic rings. The van der Waals surface area contributed by atoms with Crippen molar-refractivity contribution in [3.8, 4) is 0 Å². The van der Waals surface area contributed by atoms with Crippen molar-refractivity contribution in [2.75, 3.05) is 7.05 Å². The van der Waals surface area contributed by atoms with E-state index in [9.17, 15) is 12.8 Å². The zero-order valence-corrected chi connectivity index (χ0v) is 10.6. The largest absolute Gasteiger partial charge is 0.356 e. The van der Waals surface area contributed by atoms with Crippen molar-refractivity contribution in [1.29, 1.82) is 0 Å². The van der Waals surface area contributed by atoms with Gasteiger partial charge in [-0.1, -0.05) is 6.07 Å². The molecule has 0 radical (unpaired) electrons. The number of hydrogen-bond donors (Lipinski definition) is 0. The number of fused-ring (bicyclic) bond motifs is 1. The summed E-state index contributed by atoms with van der Waals surface area (Å²) in [7, 11) is -2.05. The van der Waals surface area contributed by atoms with Crippen LogP contribution in [0, 0.1) is 5.82 Å². The minimum absolute atomic E-state index is 0.0366. The van der Waals surface area contributed by atoms with Crippen molar-refractivity contribution in [3.05, 3.63) is 29.6 Å². The highest BCUT2D eigenvalue weighted by Crippen LogP contribution is 2.29. The molecule has 0 N–H and O–H groups in total. The average Bonchev–Trinajstić information content (AvgIpc) is 2.51. The van der Waals surface area contributed by atoms with Crippen molar-refractivity contribution in [2.24, 2.45) is 4.40 Å². The third-order valence-corrected chi connectivity index (χ3v) is 4.10. The molecule has 0 aliphatic carbocycles. The lowest BCUT2D eigenvalue weighted by Crippen LogP contribution is -2.33. The Morgan fingerprint density at radius 2 is 2.00 bits per heavy atom. The first-order chi connectivity index (χ1) is 7.84. The standard InChI is InChI=1S/C11H13FN2O2S/c1-7(2)14(3)11-10-8(12)5-4-6-9(10)17(15,16)13-11/h4-7H,1-3H3. The van der Waals surface area contributed by atoms with Crippen molar-refractivity contribution in [1.82, 2.24) is 4.90 Å². The summed E-state index contributed by atoms with van der Waals surface area (Å²) in [5.41, 5.74) is 0.0729. The summed E-state index contributed by atoms with van der Waals surface area (Å²) in [5.74, 6) is -0.386. The fourth-order valence-electron chi connectivity index (χ4n) is 1.63. The number of sulfonamides is 1. The Morgan fingerprint density at radius 3 is 2.59 bits per heavy atom. The van der Waals surface area contributed by atoms with Gasteiger partial charge in [-0.2, -0.15) is 8.42 Å². The lowest BCUT2D eigenvalue weighted by atomic mass is 10.1. The van der Waals surface area contributed by atoms with Gasteiger partial charge in [-0.3, -0.25) is 0 Å². The summed E-state index contributed by atoms with van der Waals surface area (Å²) in [6.07, 6.45) is 0. The summed E-state index contributed by atoms with van der Waals surface area (Å²) in [6.45, 7) is 3.77. The Bertz CT molecular complexity index is 593. The molecule has 0 fully saturated rings. The summed E-state index contributed by atoms with van der Waals surface area (Å²) in [6, 6.07) is 4.02. The van der Waals surface area contributed by atoms with Crippen molar-refractivity contribution in [3.63, 3.8) is 0 Å². The van der Waals surface area contributed by atoms with Gasteiger partial charge < -0.3 is 4.90 Å². The van der Waals surface area contributed by atoms with Gasteiger partial charge in [0.05, 0.1) is 5.56 Å². The summed E-state index contributed by atoms with van der Waals surface area (Å²) < 4.78 is 40.9. The molecule has 1 aromatic carbocycles. The Labute approximate surface area is 99.8 Å². The van der Waals surface area contributed by atoms with Gasteiger partial charge in [-0.15, -0.1) is 4.40 Å². The van der Waals surface area contributed by atoms with E-state index in [4.69, 9.17) is 0 Å². The third-order valence-electron chi connectivity index (χ3n) is 2.79. The van der Waals surface area contributed by atoms with Crippen LogP contribution in [-0.2, 0) is 10.0 Å². The molecule has 0 atom stereocenters. The normalized spacial score (nSPS) is 16.9. The number of nitrogens with zero attached hydrogens (tertiary/aromatic N) is 2. The molecule has 92 valence electrons. The molecule has 0 saturated carbocycles. The van der Waals surface area contributed by atoms with Crippen LogP contribution in [0.1, 0.15) is 19.4 Å². The maximum absolute atomic E-state index is 13.7. The second-order valence-corrected chi connectivity index (χ2v) is 5.78. The lowest BCUT2D eigenvalue weighted by molar-refractivity contribution is 0.417. The molecule has 4 nitrogen and oxygen atoms in total. The van der Waals surface area contributed by atoms with Gasteiger partial charge in [0.2, 0.25) is 0 Å². The summed E-state index contributed by atoms with van der Waals surface area (Å²) in [5, 5.41) is 0. The number of hydrogen-bond acceptors (Lipinski definition) is 3. The minimum Gasteiger partial charge on any atom is -0.356 e. The first kappa shape index (κ1) is 12.0. The second-order valence-electron chi connectivity index (χ2n) is 4.21. The van der Waals surface area contributed by atoms with E-state index in [1.165, 1.54) is 18.2 Å². The average molecular weight is 256 g/mol. The van der Waals surface area contributed by atoms with Crippen LogP contribution in [-0.4, -0.2) is 32.2 Å². The van der Waals surface area contributed by atoms with Crippen LogP contribution >= 0.6 is 0 Å². The van der Waals surface area contributed by atoms with Crippen molar-refractivity contribution in [2.45, 2.75) is 24.8 Å². The molecule has 0 aromatic heterocycles. The molecule has 0 unspecified atom stereocenters. The van der Waals surface area contributed by atoms with Gasteiger partial charge in [0.25, 0.3) is 10.0 Å². The van der Waals surface area contributed by atoms with Crippen LogP contribution in [0.25, 0.3) is 0 Å². The molecule has 1 aromatic rings. The van der Waals surface area contributed by atoms with E-state index in [0.717, 1.165) is 0 Å². The monoisotopic (exact) mass is 256 g/mol. The van der Waals surface area contributed by atoms with E-state index in [0.29, 0.717) is 0 Å². The highest BCUT2D eigenvalue weighted by atomic mass is 32.2. The second kappa shape index (κ2) is 3.80. The highest BCUT2D eigenvalue weighted by Gasteiger charge is 2.33. The molecule has 1 heterocycles. The molecule has 0 bridgehead atoms. The van der Waals surface area contributed by atoms with Gasteiger partial charge in [0, 0.05) is 13.1 Å². The maximum Gasteiger partial charge on any atom is 0.285 e. The molecule has 0 spiro atoms. The van der Waals surface area contributed by atoms with E-state index < -0.39 is 15.8 Å².